The fourth-order valence-electron chi connectivity index (χ4n) is 4.32. The van der Waals surface area contributed by atoms with Crippen molar-refractivity contribution in [3.63, 3.8) is 0 Å². The lowest BCUT2D eigenvalue weighted by atomic mass is 10.0. The highest BCUT2D eigenvalue weighted by atomic mass is 32.2. The molecular weight excluding hydrogens is 514 g/mol. The van der Waals surface area contributed by atoms with E-state index < -0.39 is 29.9 Å². The second-order valence-electron chi connectivity index (χ2n) is 10.7. The number of allylic oxidation sites excluding steroid dienone is 1. The van der Waals surface area contributed by atoms with Gasteiger partial charge in [-0.3, -0.25) is 24.1 Å². The summed E-state index contributed by atoms with van der Waals surface area (Å²) >= 11 is 1.56. The maximum absolute atomic E-state index is 13.2. The van der Waals surface area contributed by atoms with Gasteiger partial charge in [-0.05, 0) is 57.1 Å². The van der Waals surface area contributed by atoms with Crippen LogP contribution in [0.15, 0.2) is 42.0 Å². The van der Waals surface area contributed by atoms with Crippen LogP contribution in [0.5, 0.6) is 0 Å². The third-order valence-corrected chi connectivity index (χ3v) is 7.18. The average molecular weight is 560 g/mol. The van der Waals surface area contributed by atoms with Gasteiger partial charge in [-0.2, -0.15) is 11.8 Å². The number of nitrogens with zero attached hydrogens (tertiary/aromatic N) is 1. The predicted octanol–water partition coefficient (Wildman–Crippen LogP) is 1.88. The Morgan fingerprint density at radius 3 is 2.31 bits per heavy atom. The molecule has 1 aromatic rings. The Morgan fingerprint density at radius 1 is 1.00 bits per heavy atom. The van der Waals surface area contributed by atoms with Crippen molar-refractivity contribution < 1.29 is 19.2 Å². The maximum atomic E-state index is 13.2. The van der Waals surface area contributed by atoms with Crippen LogP contribution >= 0.6 is 11.8 Å². The number of carbonyl (C=O) groups is 4. The molecule has 39 heavy (non-hydrogen) atoms. The molecule has 0 aromatic heterocycles. The van der Waals surface area contributed by atoms with Crippen LogP contribution in [0, 0.1) is 5.92 Å². The molecule has 10 heteroatoms. The summed E-state index contributed by atoms with van der Waals surface area (Å²) in [5.74, 6) is -0.980. The summed E-state index contributed by atoms with van der Waals surface area (Å²) in [6.45, 7) is 10.3. The Hall–Kier alpha value is -2.85. The number of carbonyl (C=O) groups excluding carboxylic acids is 4. The van der Waals surface area contributed by atoms with Crippen LogP contribution in [-0.2, 0) is 25.6 Å². The van der Waals surface area contributed by atoms with Crippen LogP contribution in [0.1, 0.15) is 46.6 Å². The molecule has 0 spiro atoms. The molecule has 1 heterocycles. The molecule has 1 saturated heterocycles. The van der Waals surface area contributed by atoms with Crippen LogP contribution in [0.25, 0.3) is 0 Å². The van der Waals surface area contributed by atoms with Crippen molar-refractivity contribution in [1.82, 2.24) is 26.2 Å². The van der Waals surface area contributed by atoms with Crippen LogP contribution in [0.3, 0.4) is 0 Å². The molecule has 4 atom stereocenters. The molecule has 216 valence electrons. The van der Waals surface area contributed by atoms with Gasteiger partial charge >= 0.3 is 0 Å². The number of rotatable bonds is 8. The van der Waals surface area contributed by atoms with E-state index in [0.717, 1.165) is 11.1 Å². The van der Waals surface area contributed by atoms with Gasteiger partial charge in [0.1, 0.15) is 18.1 Å². The van der Waals surface area contributed by atoms with Crippen molar-refractivity contribution in [3.8, 4) is 0 Å². The summed E-state index contributed by atoms with van der Waals surface area (Å²) in [7, 11) is 0. The largest absolute Gasteiger partial charge is 0.350 e. The summed E-state index contributed by atoms with van der Waals surface area (Å²) in [5, 5.41) is 11.6. The van der Waals surface area contributed by atoms with Gasteiger partial charge in [-0.25, -0.2) is 0 Å². The fourth-order valence-corrected chi connectivity index (χ4v) is 4.79. The lowest BCUT2D eigenvalue weighted by Gasteiger charge is -2.29. The maximum Gasteiger partial charge on any atom is 0.243 e. The molecule has 1 fully saturated rings. The summed E-state index contributed by atoms with van der Waals surface area (Å²) < 4.78 is 0. The van der Waals surface area contributed by atoms with E-state index in [1.807, 2.05) is 75.3 Å². The standard InChI is InChI=1S/C29H45N5O4S/c1-19(2)12-14-34-17-23(16-22-10-8-7-9-11-22)31-27(36)21(5)30-28(37)24(13-15-39-6)32-29(38)26(20(3)4)33-25(35)18-34/h7-12,20-21,23-24,26H,13-18H2,1-6H3,(H,30,37)(H,31,36)(H,32,38)(H,33,35)/t21-,23+,24-,26-/m0/s1. The van der Waals surface area contributed by atoms with Crippen molar-refractivity contribution in [2.75, 3.05) is 31.6 Å². The summed E-state index contributed by atoms with van der Waals surface area (Å²) in [5.41, 5.74) is 2.16. The molecule has 0 bridgehead atoms. The van der Waals surface area contributed by atoms with Gasteiger partial charge in [0.15, 0.2) is 0 Å². The first-order valence-electron chi connectivity index (χ1n) is 13.6. The van der Waals surface area contributed by atoms with E-state index in [4.69, 9.17) is 0 Å². The lowest BCUT2D eigenvalue weighted by Crippen LogP contribution is -2.57. The van der Waals surface area contributed by atoms with Gasteiger partial charge < -0.3 is 21.3 Å². The van der Waals surface area contributed by atoms with Gasteiger partial charge in [0.05, 0.1) is 6.54 Å². The molecule has 0 aliphatic carbocycles. The molecule has 4 N–H and O–H groups in total. The highest BCUT2D eigenvalue weighted by Crippen LogP contribution is 2.10. The highest BCUT2D eigenvalue weighted by Gasteiger charge is 2.31. The molecule has 1 aromatic carbocycles. The minimum Gasteiger partial charge on any atom is -0.350 e. The van der Waals surface area contributed by atoms with E-state index in [-0.39, 0.29) is 30.3 Å². The molecule has 0 saturated carbocycles. The topological polar surface area (TPSA) is 120 Å². The Bertz CT molecular complexity index is 997. The van der Waals surface area contributed by atoms with Crippen LogP contribution < -0.4 is 21.3 Å². The predicted molar refractivity (Wildman–Crippen MR) is 157 cm³/mol. The number of hydrogen-bond donors (Lipinski definition) is 4. The Kier molecular flexibility index (Phi) is 13.5. The van der Waals surface area contributed by atoms with Gasteiger partial charge in [0.25, 0.3) is 0 Å². The molecule has 2 rings (SSSR count). The zero-order valence-electron chi connectivity index (χ0n) is 24.1. The second-order valence-corrected chi connectivity index (χ2v) is 11.7. The highest BCUT2D eigenvalue weighted by molar-refractivity contribution is 7.98. The third-order valence-electron chi connectivity index (χ3n) is 6.54. The fraction of sp³-hybridized carbons (Fsp3) is 0.586. The van der Waals surface area contributed by atoms with Crippen molar-refractivity contribution in [2.24, 2.45) is 5.92 Å². The molecule has 1 aliphatic heterocycles. The molecule has 0 radical (unpaired) electrons. The van der Waals surface area contributed by atoms with Gasteiger partial charge in [-0.1, -0.05) is 55.8 Å². The van der Waals surface area contributed by atoms with E-state index in [1.165, 1.54) is 0 Å². The van der Waals surface area contributed by atoms with E-state index in [0.29, 0.717) is 31.7 Å². The first-order valence-corrected chi connectivity index (χ1v) is 15.0. The number of thioether (sulfide) groups is 1. The van der Waals surface area contributed by atoms with E-state index in [9.17, 15) is 19.2 Å². The van der Waals surface area contributed by atoms with Gasteiger partial charge in [-0.15, -0.1) is 0 Å². The van der Waals surface area contributed by atoms with Crippen molar-refractivity contribution >= 4 is 35.4 Å². The summed E-state index contributed by atoms with van der Waals surface area (Å²) in [4.78, 5) is 54.8. The van der Waals surface area contributed by atoms with Gasteiger partial charge in [0.2, 0.25) is 23.6 Å². The van der Waals surface area contributed by atoms with Crippen molar-refractivity contribution in [2.45, 2.75) is 71.6 Å². The zero-order chi connectivity index (χ0) is 28.9. The molecule has 4 amide bonds. The van der Waals surface area contributed by atoms with Crippen LogP contribution in [-0.4, -0.2) is 84.3 Å². The van der Waals surface area contributed by atoms with E-state index in [1.54, 1.807) is 18.7 Å². The summed E-state index contributed by atoms with van der Waals surface area (Å²) in [6.07, 6.45) is 4.92. The van der Waals surface area contributed by atoms with Gasteiger partial charge in [0, 0.05) is 19.1 Å². The molecule has 9 nitrogen and oxygen atoms in total. The minimum absolute atomic E-state index is 0.0596. The Balaban J connectivity index is 2.43. The van der Waals surface area contributed by atoms with Crippen LogP contribution in [0.4, 0.5) is 0 Å². The molecule has 0 unspecified atom stereocenters. The zero-order valence-corrected chi connectivity index (χ0v) is 24.9. The monoisotopic (exact) mass is 559 g/mol. The number of amides is 4. The number of nitrogens with one attached hydrogen (secondary N) is 4. The smallest absolute Gasteiger partial charge is 0.243 e. The second kappa shape index (κ2) is 16.3. The first-order chi connectivity index (χ1) is 18.5. The average Bonchev–Trinajstić information content (AvgIpc) is 2.87. The molecule has 1 aliphatic rings. The van der Waals surface area contributed by atoms with Crippen molar-refractivity contribution in [3.05, 3.63) is 47.5 Å². The lowest BCUT2D eigenvalue weighted by molar-refractivity contribution is -0.134. The Morgan fingerprint density at radius 2 is 1.69 bits per heavy atom. The SMILES string of the molecule is CSCC[C@@H]1NC(=O)[C@H](C(C)C)NC(=O)CN(CC=C(C)C)C[C@@H](Cc2ccccc2)NC(=O)[C@H](C)NC1=O. The number of hydrogen-bond acceptors (Lipinski definition) is 6. The summed E-state index contributed by atoms with van der Waals surface area (Å²) in [6, 6.07) is 7.11. The third kappa shape index (κ3) is 11.4. The van der Waals surface area contributed by atoms with Crippen LogP contribution in [0.2, 0.25) is 0 Å². The molecular formula is C29H45N5O4S. The number of benzene rings is 1. The van der Waals surface area contributed by atoms with E-state index >= 15 is 0 Å². The quantitative estimate of drug-likeness (QED) is 0.361. The minimum atomic E-state index is -0.822. The first kappa shape index (κ1) is 32.4. The Labute approximate surface area is 237 Å². The van der Waals surface area contributed by atoms with E-state index in [2.05, 4.69) is 21.3 Å². The van der Waals surface area contributed by atoms with Crippen molar-refractivity contribution in [1.29, 1.82) is 0 Å². The normalized spacial score (nSPS) is 24.1.